The second-order valence-electron chi connectivity index (χ2n) is 7.01. The third-order valence-corrected chi connectivity index (χ3v) is 5.25. The highest BCUT2D eigenvalue weighted by molar-refractivity contribution is 5.89. The van der Waals surface area contributed by atoms with Gasteiger partial charge in [0.05, 0.1) is 0 Å². The predicted octanol–water partition coefficient (Wildman–Crippen LogP) is 3.61. The molecule has 1 aliphatic rings. The van der Waals surface area contributed by atoms with Crippen LogP contribution in [-0.4, -0.2) is 35.2 Å². The molecule has 1 heterocycles. The first-order valence-corrected chi connectivity index (χ1v) is 9.15. The van der Waals surface area contributed by atoms with E-state index in [9.17, 15) is 9.90 Å². The molecule has 1 aliphatic heterocycles. The zero-order valence-corrected chi connectivity index (χ0v) is 15.3. The molecule has 0 saturated carbocycles. The number of hydrogen-bond donors (Lipinski definition) is 3. The van der Waals surface area contributed by atoms with E-state index < -0.39 is 0 Å². The van der Waals surface area contributed by atoms with Crippen LogP contribution in [0.4, 0.5) is 5.69 Å². The van der Waals surface area contributed by atoms with Crippen LogP contribution in [0.5, 0.6) is 5.75 Å². The second-order valence-corrected chi connectivity index (χ2v) is 7.01. The molecule has 0 aliphatic carbocycles. The van der Waals surface area contributed by atoms with Crippen LogP contribution in [0, 0.1) is 11.3 Å². The Morgan fingerprint density at radius 2 is 1.89 bits per heavy atom. The third kappa shape index (κ3) is 4.19. The molecule has 140 valence electrons. The van der Waals surface area contributed by atoms with Gasteiger partial charge in [-0.15, -0.1) is 0 Å². The number of nitrogens with two attached hydrogens (primary N) is 1. The van der Waals surface area contributed by atoms with E-state index in [1.54, 1.807) is 12.1 Å². The van der Waals surface area contributed by atoms with Crippen molar-refractivity contribution in [3.8, 4) is 16.9 Å². The number of amides is 1. The summed E-state index contributed by atoms with van der Waals surface area (Å²) in [5, 5.41) is 17.3. The number of likely N-dealkylation sites (tertiary alicyclic amines) is 1. The predicted molar refractivity (Wildman–Crippen MR) is 109 cm³/mol. The van der Waals surface area contributed by atoms with Crippen molar-refractivity contribution >= 4 is 17.8 Å². The van der Waals surface area contributed by atoms with Crippen molar-refractivity contribution in [1.82, 2.24) is 4.90 Å². The van der Waals surface area contributed by atoms with Crippen LogP contribution in [0.25, 0.3) is 11.1 Å². The van der Waals surface area contributed by atoms with Gasteiger partial charge in [-0.3, -0.25) is 4.79 Å². The molecule has 3 rings (SSSR count). The molecular formula is C22H25N3O2. The summed E-state index contributed by atoms with van der Waals surface area (Å²) in [7, 11) is 0. The van der Waals surface area contributed by atoms with Crippen molar-refractivity contribution in [2.24, 2.45) is 5.92 Å². The summed E-state index contributed by atoms with van der Waals surface area (Å²) >= 11 is 0. The standard InChI is InChI=1S/C22H25N3O2/c1-2-22(27)25-9-7-15(8-10-25)11-18-12-17(13-21(24)20(18)14-23)16-3-5-19(26)6-4-16/h2-6,12-15,23,26H,1,7-11,24H2. The average molecular weight is 363 g/mol. The summed E-state index contributed by atoms with van der Waals surface area (Å²) in [6.45, 7) is 5.03. The van der Waals surface area contributed by atoms with Crippen LogP contribution in [0.3, 0.4) is 0 Å². The third-order valence-electron chi connectivity index (χ3n) is 5.25. The molecule has 5 heteroatoms. The largest absolute Gasteiger partial charge is 0.508 e. The summed E-state index contributed by atoms with van der Waals surface area (Å²) in [6, 6.07) is 11.0. The van der Waals surface area contributed by atoms with Gasteiger partial charge in [0, 0.05) is 30.6 Å². The normalized spacial score (nSPS) is 14.7. The van der Waals surface area contributed by atoms with Crippen LogP contribution >= 0.6 is 0 Å². The van der Waals surface area contributed by atoms with Crippen molar-refractivity contribution in [3.05, 3.63) is 60.2 Å². The topological polar surface area (TPSA) is 90.4 Å². The number of aromatic hydroxyl groups is 1. The monoisotopic (exact) mass is 363 g/mol. The minimum atomic E-state index is -0.00722. The number of piperidine rings is 1. The maximum atomic E-state index is 11.7. The molecule has 1 amide bonds. The lowest BCUT2D eigenvalue weighted by Gasteiger charge is -2.31. The highest BCUT2D eigenvalue weighted by Gasteiger charge is 2.22. The number of benzene rings is 2. The van der Waals surface area contributed by atoms with Crippen LogP contribution in [-0.2, 0) is 11.2 Å². The van der Waals surface area contributed by atoms with E-state index in [0.29, 0.717) is 11.6 Å². The van der Waals surface area contributed by atoms with E-state index in [-0.39, 0.29) is 11.7 Å². The highest BCUT2D eigenvalue weighted by atomic mass is 16.3. The fourth-order valence-corrected chi connectivity index (χ4v) is 3.70. The van der Waals surface area contributed by atoms with Gasteiger partial charge in [0.1, 0.15) is 5.75 Å². The molecule has 27 heavy (non-hydrogen) atoms. The van der Waals surface area contributed by atoms with Crippen LogP contribution in [0.2, 0.25) is 0 Å². The highest BCUT2D eigenvalue weighted by Crippen LogP contribution is 2.31. The lowest BCUT2D eigenvalue weighted by atomic mass is 9.86. The van der Waals surface area contributed by atoms with Gasteiger partial charge in [0.25, 0.3) is 0 Å². The smallest absolute Gasteiger partial charge is 0.245 e. The number of nitrogens with one attached hydrogen (secondary N) is 1. The van der Waals surface area contributed by atoms with Gasteiger partial charge in [0.2, 0.25) is 5.91 Å². The Morgan fingerprint density at radius 1 is 1.22 bits per heavy atom. The zero-order chi connectivity index (χ0) is 19.4. The van der Waals surface area contributed by atoms with E-state index in [2.05, 4.69) is 12.6 Å². The number of nitrogen functional groups attached to an aromatic ring is 1. The van der Waals surface area contributed by atoms with Gasteiger partial charge in [-0.05, 0) is 66.1 Å². The minimum absolute atomic E-state index is 0.00722. The van der Waals surface area contributed by atoms with E-state index >= 15 is 0 Å². The lowest BCUT2D eigenvalue weighted by Crippen LogP contribution is -2.37. The number of phenolic OH excluding ortho intramolecular Hbond substituents is 1. The van der Waals surface area contributed by atoms with Crippen LogP contribution in [0.15, 0.2) is 49.1 Å². The SMILES string of the molecule is C=CC(=O)N1CCC(Cc2cc(-c3ccc(O)cc3)cc(N)c2C=N)CC1. The maximum Gasteiger partial charge on any atom is 0.245 e. The molecule has 4 N–H and O–H groups in total. The van der Waals surface area contributed by atoms with E-state index in [1.807, 2.05) is 23.1 Å². The first-order chi connectivity index (χ1) is 13.0. The molecule has 1 fully saturated rings. The molecule has 2 aromatic carbocycles. The molecule has 5 nitrogen and oxygen atoms in total. The minimum Gasteiger partial charge on any atom is -0.508 e. The molecule has 0 unspecified atom stereocenters. The Bertz CT molecular complexity index is 851. The van der Waals surface area contributed by atoms with Gasteiger partial charge in [-0.2, -0.15) is 0 Å². The van der Waals surface area contributed by atoms with Crippen molar-refractivity contribution in [1.29, 1.82) is 5.41 Å². The second kappa shape index (κ2) is 8.08. The fraction of sp³-hybridized carbons (Fsp3) is 0.273. The quantitative estimate of drug-likeness (QED) is 0.431. The van der Waals surface area contributed by atoms with Gasteiger partial charge >= 0.3 is 0 Å². The van der Waals surface area contributed by atoms with E-state index in [0.717, 1.165) is 54.6 Å². The summed E-state index contributed by atoms with van der Waals surface area (Å²) in [6.07, 6.45) is 5.38. The summed E-state index contributed by atoms with van der Waals surface area (Å²) < 4.78 is 0. The van der Waals surface area contributed by atoms with Crippen molar-refractivity contribution in [2.75, 3.05) is 18.8 Å². The summed E-state index contributed by atoms with van der Waals surface area (Å²) in [5.41, 5.74) is 10.6. The van der Waals surface area contributed by atoms with Crippen LogP contribution < -0.4 is 5.73 Å². The fourth-order valence-electron chi connectivity index (χ4n) is 3.70. The summed E-state index contributed by atoms with van der Waals surface area (Å²) in [4.78, 5) is 13.6. The van der Waals surface area contributed by atoms with Crippen LogP contribution in [0.1, 0.15) is 24.0 Å². The Balaban J connectivity index is 1.82. The Kier molecular flexibility index (Phi) is 5.60. The molecule has 0 spiro atoms. The van der Waals surface area contributed by atoms with Crippen molar-refractivity contribution < 1.29 is 9.90 Å². The zero-order valence-electron chi connectivity index (χ0n) is 15.3. The first kappa shape index (κ1) is 18.7. The first-order valence-electron chi connectivity index (χ1n) is 9.15. The molecular weight excluding hydrogens is 338 g/mol. The number of hydrogen-bond acceptors (Lipinski definition) is 4. The molecule has 0 bridgehead atoms. The Labute approximate surface area is 159 Å². The van der Waals surface area contributed by atoms with Gasteiger partial charge in [-0.1, -0.05) is 24.8 Å². The molecule has 2 aromatic rings. The van der Waals surface area contributed by atoms with Gasteiger partial charge < -0.3 is 21.1 Å². The van der Waals surface area contributed by atoms with Gasteiger partial charge in [0.15, 0.2) is 0 Å². The molecule has 0 aromatic heterocycles. The molecule has 0 radical (unpaired) electrons. The summed E-state index contributed by atoms with van der Waals surface area (Å²) in [5.74, 6) is 0.670. The number of phenols is 1. The number of nitrogens with zero attached hydrogens (tertiary/aromatic N) is 1. The van der Waals surface area contributed by atoms with Crippen molar-refractivity contribution in [3.63, 3.8) is 0 Å². The number of anilines is 1. The lowest BCUT2D eigenvalue weighted by molar-refractivity contribution is -0.127. The molecule has 1 saturated heterocycles. The maximum absolute atomic E-state index is 11.7. The molecule has 0 atom stereocenters. The number of carbonyl (C=O) groups is 1. The Morgan fingerprint density at radius 3 is 2.48 bits per heavy atom. The number of carbonyl (C=O) groups excluding carboxylic acids is 1. The number of rotatable bonds is 5. The van der Waals surface area contributed by atoms with Gasteiger partial charge in [-0.25, -0.2) is 0 Å². The van der Waals surface area contributed by atoms with Crippen molar-refractivity contribution in [2.45, 2.75) is 19.3 Å². The van der Waals surface area contributed by atoms with E-state index in [1.165, 1.54) is 12.3 Å². The average Bonchev–Trinajstić information content (AvgIpc) is 2.68. The van der Waals surface area contributed by atoms with E-state index in [4.69, 9.17) is 11.1 Å². The Hall–Kier alpha value is -3.08.